The number of hydrogen-bond donors (Lipinski definition) is 1. The van der Waals surface area contributed by atoms with Gasteiger partial charge < -0.3 is 10.2 Å². The lowest BCUT2D eigenvalue weighted by Gasteiger charge is -2.38. The molecule has 7 heteroatoms. The standard InChI is InChI=1S/C18H18F3N3S/c19-18(20,21)15-7-4-8-16(11-15)24-13-23(12-22-17(24)25)10-9-14-5-2-1-3-6-14/h1-8,11H,9-10,12-13H2,(H,22,25). The largest absolute Gasteiger partial charge is 0.416 e. The van der Waals surface area contributed by atoms with E-state index in [0.29, 0.717) is 24.1 Å². The Labute approximate surface area is 150 Å². The molecule has 1 N–H and O–H groups in total. The van der Waals surface area contributed by atoms with Crippen molar-refractivity contribution in [3.05, 3.63) is 65.7 Å². The summed E-state index contributed by atoms with van der Waals surface area (Å²) in [4.78, 5) is 3.81. The molecule has 0 atom stereocenters. The molecule has 0 radical (unpaired) electrons. The van der Waals surface area contributed by atoms with Gasteiger partial charge in [0.25, 0.3) is 0 Å². The third-order valence-electron chi connectivity index (χ3n) is 4.09. The van der Waals surface area contributed by atoms with Crippen LogP contribution in [-0.4, -0.2) is 29.9 Å². The molecule has 1 aliphatic heterocycles. The molecular weight excluding hydrogens is 347 g/mol. The molecule has 1 fully saturated rings. The van der Waals surface area contributed by atoms with Crippen LogP contribution in [-0.2, 0) is 12.6 Å². The van der Waals surface area contributed by atoms with Crippen LogP contribution in [0.15, 0.2) is 54.6 Å². The minimum absolute atomic E-state index is 0.440. The van der Waals surface area contributed by atoms with E-state index in [1.54, 1.807) is 11.0 Å². The molecule has 0 amide bonds. The fraction of sp³-hybridized carbons (Fsp3) is 0.278. The van der Waals surface area contributed by atoms with Crippen molar-refractivity contribution in [1.29, 1.82) is 0 Å². The molecule has 0 saturated carbocycles. The number of nitrogens with zero attached hydrogens (tertiary/aromatic N) is 2. The minimum Gasteiger partial charge on any atom is -0.349 e. The first-order valence-electron chi connectivity index (χ1n) is 7.92. The van der Waals surface area contributed by atoms with E-state index in [4.69, 9.17) is 12.2 Å². The highest BCUT2D eigenvalue weighted by atomic mass is 32.1. The Morgan fingerprint density at radius 1 is 1.04 bits per heavy atom. The van der Waals surface area contributed by atoms with E-state index in [1.807, 2.05) is 18.2 Å². The van der Waals surface area contributed by atoms with Crippen molar-refractivity contribution >= 4 is 23.0 Å². The first kappa shape index (κ1) is 17.7. The second kappa shape index (κ2) is 7.41. The molecule has 3 rings (SSSR count). The van der Waals surface area contributed by atoms with E-state index in [1.165, 1.54) is 11.6 Å². The number of thiocarbonyl (C=S) groups is 1. The van der Waals surface area contributed by atoms with Crippen LogP contribution in [0.3, 0.4) is 0 Å². The van der Waals surface area contributed by atoms with Gasteiger partial charge in [-0.05, 0) is 42.4 Å². The van der Waals surface area contributed by atoms with Gasteiger partial charge in [0.2, 0.25) is 0 Å². The quantitative estimate of drug-likeness (QED) is 0.829. The van der Waals surface area contributed by atoms with Gasteiger partial charge in [0.15, 0.2) is 5.11 Å². The highest BCUT2D eigenvalue weighted by Gasteiger charge is 2.31. The Kier molecular flexibility index (Phi) is 5.24. The molecule has 0 aromatic heterocycles. The second-order valence-corrected chi connectivity index (χ2v) is 6.27. The van der Waals surface area contributed by atoms with Crippen LogP contribution in [0.5, 0.6) is 0 Å². The van der Waals surface area contributed by atoms with E-state index < -0.39 is 11.7 Å². The van der Waals surface area contributed by atoms with Gasteiger partial charge in [0, 0.05) is 12.2 Å². The molecule has 0 spiro atoms. The fourth-order valence-electron chi connectivity index (χ4n) is 2.72. The van der Waals surface area contributed by atoms with Crippen LogP contribution < -0.4 is 10.2 Å². The summed E-state index contributed by atoms with van der Waals surface area (Å²) in [5.74, 6) is 0. The molecule has 2 aromatic carbocycles. The zero-order chi connectivity index (χ0) is 17.9. The third kappa shape index (κ3) is 4.49. The molecule has 25 heavy (non-hydrogen) atoms. The van der Waals surface area contributed by atoms with Crippen LogP contribution in [0.2, 0.25) is 0 Å². The summed E-state index contributed by atoms with van der Waals surface area (Å²) in [5, 5.41) is 3.52. The van der Waals surface area contributed by atoms with Crippen molar-refractivity contribution < 1.29 is 13.2 Å². The summed E-state index contributed by atoms with van der Waals surface area (Å²) in [7, 11) is 0. The smallest absolute Gasteiger partial charge is 0.349 e. The van der Waals surface area contributed by atoms with E-state index in [-0.39, 0.29) is 0 Å². The lowest BCUT2D eigenvalue weighted by atomic mass is 10.1. The van der Waals surface area contributed by atoms with Gasteiger partial charge in [0.1, 0.15) is 0 Å². The van der Waals surface area contributed by atoms with Crippen molar-refractivity contribution in [2.24, 2.45) is 0 Å². The Hall–Kier alpha value is -2.12. The van der Waals surface area contributed by atoms with Crippen molar-refractivity contribution in [2.45, 2.75) is 12.6 Å². The van der Waals surface area contributed by atoms with Gasteiger partial charge in [-0.1, -0.05) is 36.4 Å². The number of anilines is 1. The van der Waals surface area contributed by atoms with Crippen molar-refractivity contribution in [2.75, 3.05) is 24.8 Å². The number of halogens is 3. The lowest BCUT2D eigenvalue weighted by molar-refractivity contribution is -0.137. The molecule has 1 saturated heterocycles. The fourth-order valence-corrected chi connectivity index (χ4v) is 2.95. The van der Waals surface area contributed by atoms with Gasteiger partial charge in [0.05, 0.1) is 18.9 Å². The van der Waals surface area contributed by atoms with Crippen molar-refractivity contribution in [1.82, 2.24) is 10.2 Å². The third-order valence-corrected chi connectivity index (χ3v) is 4.45. The average molecular weight is 365 g/mol. The van der Waals surface area contributed by atoms with Gasteiger partial charge in [-0.2, -0.15) is 13.2 Å². The van der Waals surface area contributed by atoms with Crippen LogP contribution in [0.25, 0.3) is 0 Å². The predicted octanol–water partition coefficient (Wildman–Crippen LogP) is 3.86. The molecule has 0 bridgehead atoms. The highest BCUT2D eigenvalue weighted by Crippen LogP contribution is 2.32. The summed E-state index contributed by atoms with van der Waals surface area (Å²) in [6.45, 7) is 1.83. The minimum atomic E-state index is -4.37. The first-order chi connectivity index (χ1) is 11.9. The lowest BCUT2D eigenvalue weighted by Crippen LogP contribution is -2.56. The maximum atomic E-state index is 12.9. The SMILES string of the molecule is FC(F)(F)c1cccc(N2CN(CCc3ccccc3)CNC2=S)c1. The van der Waals surface area contributed by atoms with Crippen LogP contribution >= 0.6 is 12.2 Å². The van der Waals surface area contributed by atoms with Crippen LogP contribution in [0.1, 0.15) is 11.1 Å². The number of rotatable bonds is 4. The molecular formula is C18H18F3N3S. The molecule has 0 aliphatic carbocycles. The number of alkyl halides is 3. The van der Waals surface area contributed by atoms with Crippen molar-refractivity contribution in [3.8, 4) is 0 Å². The summed E-state index contributed by atoms with van der Waals surface area (Å²) in [6.07, 6.45) is -3.50. The molecule has 132 valence electrons. The molecule has 1 heterocycles. The van der Waals surface area contributed by atoms with Gasteiger partial charge in [-0.15, -0.1) is 0 Å². The molecule has 1 aliphatic rings. The average Bonchev–Trinajstić information content (AvgIpc) is 2.61. The van der Waals surface area contributed by atoms with E-state index in [9.17, 15) is 13.2 Å². The Morgan fingerprint density at radius 2 is 1.80 bits per heavy atom. The number of hydrogen-bond acceptors (Lipinski definition) is 2. The van der Waals surface area contributed by atoms with E-state index >= 15 is 0 Å². The summed E-state index contributed by atoms with van der Waals surface area (Å²) >= 11 is 5.28. The summed E-state index contributed by atoms with van der Waals surface area (Å²) in [6, 6.07) is 15.3. The predicted molar refractivity (Wildman–Crippen MR) is 96.2 cm³/mol. The van der Waals surface area contributed by atoms with E-state index in [0.717, 1.165) is 25.1 Å². The molecule has 2 aromatic rings. The zero-order valence-electron chi connectivity index (χ0n) is 13.5. The highest BCUT2D eigenvalue weighted by molar-refractivity contribution is 7.80. The number of nitrogens with one attached hydrogen (secondary N) is 1. The summed E-state index contributed by atoms with van der Waals surface area (Å²) in [5.41, 5.74) is 0.993. The first-order valence-corrected chi connectivity index (χ1v) is 8.33. The Balaban J connectivity index is 1.70. The zero-order valence-corrected chi connectivity index (χ0v) is 14.3. The second-order valence-electron chi connectivity index (χ2n) is 5.89. The maximum absolute atomic E-state index is 12.9. The van der Waals surface area contributed by atoms with E-state index in [2.05, 4.69) is 22.3 Å². The van der Waals surface area contributed by atoms with Crippen LogP contribution in [0.4, 0.5) is 18.9 Å². The number of benzene rings is 2. The van der Waals surface area contributed by atoms with Gasteiger partial charge in [-0.3, -0.25) is 4.90 Å². The monoisotopic (exact) mass is 365 g/mol. The Bertz CT molecular complexity index is 734. The summed E-state index contributed by atoms with van der Waals surface area (Å²) < 4.78 is 38.8. The topological polar surface area (TPSA) is 18.5 Å². The normalized spacial score (nSPS) is 16.0. The maximum Gasteiger partial charge on any atom is 0.416 e. The Morgan fingerprint density at radius 3 is 2.52 bits per heavy atom. The van der Waals surface area contributed by atoms with Gasteiger partial charge in [-0.25, -0.2) is 0 Å². The molecule has 3 nitrogen and oxygen atoms in total. The molecule has 0 unspecified atom stereocenters. The van der Waals surface area contributed by atoms with Crippen molar-refractivity contribution in [3.63, 3.8) is 0 Å². The van der Waals surface area contributed by atoms with Gasteiger partial charge >= 0.3 is 6.18 Å². The van der Waals surface area contributed by atoms with Crippen LogP contribution in [0, 0.1) is 0 Å².